The van der Waals surface area contributed by atoms with Crippen LogP contribution >= 0.6 is 11.3 Å². The Hall–Kier alpha value is -3.43. The van der Waals surface area contributed by atoms with Crippen LogP contribution in [0.25, 0.3) is 0 Å². The van der Waals surface area contributed by atoms with E-state index in [1.165, 1.54) is 16.2 Å². The lowest BCUT2D eigenvalue weighted by Gasteiger charge is -2.28. The van der Waals surface area contributed by atoms with Crippen LogP contribution in [-0.4, -0.2) is 51.3 Å². The lowest BCUT2D eigenvalue weighted by Crippen LogP contribution is -2.51. The molecular formula is C28H36N4O4S. The van der Waals surface area contributed by atoms with Crippen LogP contribution in [0, 0.1) is 0 Å². The summed E-state index contributed by atoms with van der Waals surface area (Å²) in [7, 11) is 0. The lowest BCUT2D eigenvalue weighted by atomic mass is 10.00. The molecule has 0 fully saturated rings. The smallest absolute Gasteiger partial charge is 0.410 e. The molecule has 2 unspecified atom stereocenters. The predicted octanol–water partition coefficient (Wildman–Crippen LogP) is 4.74. The number of hydrogen-bond donors (Lipinski definition) is 3. The summed E-state index contributed by atoms with van der Waals surface area (Å²) in [5, 5.41) is 16.9. The minimum absolute atomic E-state index is 0.0549. The summed E-state index contributed by atoms with van der Waals surface area (Å²) in [6, 6.07) is 18.6. The number of ether oxygens (including phenoxy) is 1. The van der Waals surface area contributed by atoms with E-state index < -0.39 is 17.7 Å². The highest BCUT2D eigenvalue weighted by molar-refractivity contribution is 7.09. The maximum absolute atomic E-state index is 13.0. The summed E-state index contributed by atoms with van der Waals surface area (Å²) in [5.74, 6) is 0. The first-order valence-corrected chi connectivity index (χ1v) is 13.2. The number of carbonyl (C=O) groups excluding carboxylic acids is 2. The molecule has 0 bridgehead atoms. The van der Waals surface area contributed by atoms with Crippen LogP contribution in [0.2, 0.25) is 0 Å². The largest absolute Gasteiger partial charge is 0.445 e. The zero-order chi connectivity index (χ0) is 26.7. The lowest BCUT2D eigenvalue weighted by molar-refractivity contribution is 0.0604. The van der Waals surface area contributed by atoms with Crippen molar-refractivity contribution in [2.24, 2.45) is 0 Å². The molecule has 1 heterocycles. The van der Waals surface area contributed by atoms with Crippen LogP contribution in [0.15, 0.2) is 72.4 Å². The van der Waals surface area contributed by atoms with E-state index in [0.29, 0.717) is 6.42 Å². The summed E-state index contributed by atoms with van der Waals surface area (Å²) in [6.45, 7) is 6.19. The molecule has 0 saturated heterocycles. The summed E-state index contributed by atoms with van der Waals surface area (Å²) in [4.78, 5) is 32.0. The molecule has 8 nitrogen and oxygen atoms in total. The number of hydrogen-bond acceptors (Lipinski definition) is 6. The summed E-state index contributed by atoms with van der Waals surface area (Å²) in [5.41, 5.74) is 3.23. The van der Waals surface area contributed by atoms with Gasteiger partial charge in [0.05, 0.1) is 24.7 Å². The fourth-order valence-electron chi connectivity index (χ4n) is 3.83. The Balaban J connectivity index is 1.67. The second-order valence-electron chi connectivity index (χ2n) is 10.0. The molecular weight excluding hydrogens is 488 g/mol. The monoisotopic (exact) mass is 524 g/mol. The molecule has 2 atom stereocenters. The molecule has 198 valence electrons. The highest BCUT2D eigenvalue weighted by atomic mass is 32.1. The quantitative estimate of drug-likeness (QED) is 0.336. The van der Waals surface area contributed by atoms with Gasteiger partial charge in [0, 0.05) is 22.7 Å². The maximum atomic E-state index is 13.0. The minimum atomic E-state index is -0.888. The summed E-state index contributed by atoms with van der Waals surface area (Å²) >= 11 is 1.43. The van der Waals surface area contributed by atoms with E-state index >= 15 is 0 Å². The molecule has 37 heavy (non-hydrogen) atoms. The van der Waals surface area contributed by atoms with Crippen LogP contribution in [-0.2, 0) is 24.3 Å². The molecule has 3 N–H and O–H groups in total. The van der Waals surface area contributed by atoms with Gasteiger partial charge < -0.3 is 25.4 Å². The van der Waals surface area contributed by atoms with Crippen molar-refractivity contribution in [2.75, 3.05) is 6.54 Å². The van der Waals surface area contributed by atoms with Gasteiger partial charge in [0.1, 0.15) is 6.61 Å². The highest BCUT2D eigenvalue weighted by Gasteiger charge is 2.25. The van der Waals surface area contributed by atoms with Gasteiger partial charge in [-0.3, -0.25) is 4.98 Å². The molecule has 3 aromatic rings. The van der Waals surface area contributed by atoms with Gasteiger partial charge >= 0.3 is 12.1 Å². The van der Waals surface area contributed by atoms with Crippen molar-refractivity contribution in [1.82, 2.24) is 20.5 Å². The van der Waals surface area contributed by atoms with Crippen molar-refractivity contribution in [3.05, 3.63) is 88.4 Å². The van der Waals surface area contributed by atoms with E-state index in [-0.39, 0.29) is 38.2 Å². The van der Waals surface area contributed by atoms with Gasteiger partial charge in [-0.15, -0.1) is 11.3 Å². The van der Waals surface area contributed by atoms with Crippen molar-refractivity contribution in [1.29, 1.82) is 0 Å². The summed E-state index contributed by atoms with van der Waals surface area (Å²) < 4.78 is 5.54. The molecule has 9 heteroatoms. The fourth-order valence-corrected chi connectivity index (χ4v) is 4.44. The third-order valence-electron chi connectivity index (χ3n) is 5.43. The Morgan fingerprint density at radius 1 is 1.05 bits per heavy atom. The topological polar surface area (TPSA) is 104 Å². The molecule has 0 spiro atoms. The predicted molar refractivity (Wildman–Crippen MR) is 145 cm³/mol. The van der Waals surface area contributed by atoms with Gasteiger partial charge in [-0.25, -0.2) is 9.59 Å². The van der Waals surface area contributed by atoms with Gasteiger partial charge in [-0.2, -0.15) is 0 Å². The number of amides is 3. The van der Waals surface area contributed by atoms with E-state index in [2.05, 4.69) is 15.6 Å². The zero-order valence-electron chi connectivity index (χ0n) is 21.6. The minimum Gasteiger partial charge on any atom is -0.445 e. The van der Waals surface area contributed by atoms with Crippen LogP contribution in [0.3, 0.4) is 0 Å². The molecule has 0 aliphatic heterocycles. The van der Waals surface area contributed by atoms with Crippen LogP contribution in [0.5, 0.6) is 0 Å². The second-order valence-corrected chi connectivity index (χ2v) is 11.0. The standard InChI is InChI=1S/C28H36N4O4S/c1-28(2,3)31-26(34)30-23(14-21-10-6-4-7-11-21)15-24(33)17-32(18-25-16-29-20-37-25)27(35)36-19-22-12-8-5-9-13-22/h4-13,16,20,23-24,33H,14-15,17-19H2,1-3H3,(H2,30,31,34). The number of aliphatic hydroxyl groups is 1. The first kappa shape index (κ1) is 28.1. The van der Waals surface area contributed by atoms with Crippen molar-refractivity contribution in [2.45, 2.75) is 64.4 Å². The fraction of sp³-hybridized carbons (Fsp3) is 0.393. The van der Waals surface area contributed by atoms with Crippen molar-refractivity contribution in [3.8, 4) is 0 Å². The van der Waals surface area contributed by atoms with Crippen LogP contribution in [0.1, 0.15) is 43.2 Å². The van der Waals surface area contributed by atoms with Crippen molar-refractivity contribution in [3.63, 3.8) is 0 Å². The Kier molecular flexibility index (Phi) is 10.5. The number of nitrogens with zero attached hydrogens (tertiary/aromatic N) is 2. The molecule has 1 aromatic heterocycles. The average molecular weight is 525 g/mol. The Morgan fingerprint density at radius 2 is 1.70 bits per heavy atom. The third-order valence-corrected chi connectivity index (χ3v) is 6.19. The van der Waals surface area contributed by atoms with E-state index in [0.717, 1.165) is 16.0 Å². The maximum Gasteiger partial charge on any atom is 0.410 e. The molecule has 0 aliphatic rings. The number of carbonyl (C=O) groups is 2. The Bertz CT molecular complexity index is 1090. The van der Waals surface area contributed by atoms with E-state index in [1.54, 1.807) is 11.7 Å². The molecule has 3 amide bonds. The Labute approximate surface area is 222 Å². The number of benzene rings is 2. The molecule has 0 aliphatic carbocycles. The SMILES string of the molecule is CC(C)(C)NC(=O)NC(Cc1ccccc1)CC(O)CN(Cc1cncs1)C(=O)OCc1ccccc1. The third kappa shape index (κ3) is 10.6. The van der Waals surface area contributed by atoms with E-state index in [1.807, 2.05) is 81.4 Å². The van der Waals surface area contributed by atoms with Gasteiger partial charge in [0.25, 0.3) is 0 Å². The number of aromatic nitrogens is 1. The first-order valence-electron chi connectivity index (χ1n) is 12.3. The average Bonchev–Trinajstić information content (AvgIpc) is 3.35. The number of aliphatic hydroxyl groups excluding tert-OH is 1. The van der Waals surface area contributed by atoms with Crippen LogP contribution < -0.4 is 10.6 Å². The van der Waals surface area contributed by atoms with Crippen molar-refractivity contribution >= 4 is 23.5 Å². The number of nitrogens with one attached hydrogen (secondary N) is 2. The first-order chi connectivity index (χ1) is 17.7. The molecule has 0 radical (unpaired) electrons. The molecule has 2 aromatic carbocycles. The number of urea groups is 1. The van der Waals surface area contributed by atoms with Gasteiger partial charge in [0.15, 0.2) is 0 Å². The Morgan fingerprint density at radius 3 is 2.30 bits per heavy atom. The van der Waals surface area contributed by atoms with E-state index in [4.69, 9.17) is 4.74 Å². The van der Waals surface area contributed by atoms with Gasteiger partial charge in [-0.1, -0.05) is 60.7 Å². The second kappa shape index (κ2) is 13.8. The van der Waals surface area contributed by atoms with Gasteiger partial charge in [0.2, 0.25) is 0 Å². The summed E-state index contributed by atoms with van der Waals surface area (Å²) in [6.07, 6.45) is 1.10. The molecule has 3 rings (SSSR count). The molecule has 0 saturated carbocycles. The van der Waals surface area contributed by atoms with Crippen molar-refractivity contribution < 1.29 is 19.4 Å². The number of rotatable bonds is 11. The highest BCUT2D eigenvalue weighted by Crippen LogP contribution is 2.15. The number of thiazole rings is 1. The van der Waals surface area contributed by atoms with E-state index in [9.17, 15) is 14.7 Å². The van der Waals surface area contributed by atoms with Gasteiger partial charge in [-0.05, 0) is 44.7 Å². The van der Waals surface area contributed by atoms with Crippen LogP contribution in [0.4, 0.5) is 9.59 Å². The zero-order valence-corrected chi connectivity index (χ0v) is 22.4. The normalized spacial score (nSPS) is 12.9.